The largest absolute Gasteiger partial charge is 0.399 e. The summed E-state index contributed by atoms with van der Waals surface area (Å²) >= 11 is 0. The van der Waals surface area contributed by atoms with Gasteiger partial charge in [-0.15, -0.1) is 0 Å². The van der Waals surface area contributed by atoms with E-state index in [2.05, 4.69) is 10.2 Å². The summed E-state index contributed by atoms with van der Waals surface area (Å²) in [5, 5.41) is 6.67. The van der Waals surface area contributed by atoms with Crippen LogP contribution in [-0.4, -0.2) is 27.5 Å². The molecule has 1 heterocycles. The zero-order valence-corrected chi connectivity index (χ0v) is 11.2. The molecule has 0 unspecified atom stereocenters. The number of nitrogens with one attached hydrogen (secondary N) is 1. The Morgan fingerprint density at radius 1 is 1.37 bits per heavy atom. The molecule has 5 nitrogen and oxygen atoms in total. The van der Waals surface area contributed by atoms with Gasteiger partial charge in [0.1, 0.15) is 0 Å². The molecule has 2 aromatic rings. The van der Waals surface area contributed by atoms with Crippen LogP contribution in [0.15, 0.2) is 30.5 Å². The van der Waals surface area contributed by atoms with E-state index in [0.29, 0.717) is 18.7 Å². The number of H-pyrrole nitrogens is 1. The first-order chi connectivity index (χ1) is 9.11. The SMILES string of the molecule is CCN(Cc1ccc(N)cc1)C(=O)c1cn[nH]c1C. The lowest BCUT2D eigenvalue weighted by Gasteiger charge is -2.20. The number of carbonyl (C=O) groups is 1. The molecule has 0 bridgehead atoms. The number of hydrogen-bond acceptors (Lipinski definition) is 3. The van der Waals surface area contributed by atoms with Gasteiger partial charge in [-0.25, -0.2) is 0 Å². The fourth-order valence-electron chi connectivity index (χ4n) is 1.91. The predicted molar refractivity (Wildman–Crippen MR) is 74.6 cm³/mol. The third-order valence-electron chi connectivity index (χ3n) is 3.08. The van der Waals surface area contributed by atoms with E-state index in [0.717, 1.165) is 16.9 Å². The molecular formula is C14H18N4O. The second-order valence-corrected chi connectivity index (χ2v) is 4.47. The molecule has 1 aromatic carbocycles. The highest BCUT2D eigenvalue weighted by Gasteiger charge is 2.17. The highest BCUT2D eigenvalue weighted by atomic mass is 16.2. The van der Waals surface area contributed by atoms with E-state index in [9.17, 15) is 4.79 Å². The van der Waals surface area contributed by atoms with Crippen LogP contribution in [-0.2, 0) is 6.54 Å². The zero-order chi connectivity index (χ0) is 13.8. The van der Waals surface area contributed by atoms with Crippen molar-refractivity contribution in [3.8, 4) is 0 Å². The Hall–Kier alpha value is -2.30. The van der Waals surface area contributed by atoms with Crippen molar-refractivity contribution in [2.75, 3.05) is 12.3 Å². The summed E-state index contributed by atoms with van der Waals surface area (Å²) in [6, 6.07) is 7.56. The van der Waals surface area contributed by atoms with Crippen LogP contribution in [0.25, 0.3) is 0 Å². The number of carbonyl (C=O) groups excluding carboxylic acids is 1. The van der Waals surface area contributed by atoms with Gasteiger partial charge in [-0.1, -0.05) is 12.1 Å². The molecule has 100 valence electrons. The van der Waals surface area contributed by atoms with E-state index >= 15 is 0 Å². The van der Waals surface area contributed by atoms with E-state index in [-0.39, 0.29) is 5.91 Å². The molecule has 0 fully saturated rings. The van der Waals surface area contributed by atoms with Crippen molar-refractivity contribution in [3.05, 3.63) is 47.3 Å². The smallest absolute Gasteiger partial charge is 0.257 e. The van der Waals surface area contributed by atoms with Crippen LogP contribution in [0, 0.1) is 6.92 Å². The molecule has 0 radical (unpaired) electrons. The summed E-state index contributed by atoms with van der Waals surface area (Å²) in [6.07, 6.45) is 1.57. The summed E-state index contributed by atoms with van der Waals surface area (Å²) in [6.45, 7) is 5.02. The fourth-order valence-corrected chi connectivity index (χ4v) is 1.91. The van der Waals surface area contributed by atoms with Crippen molar-refractivity contribution < 1.29 is 4.79 Å². The molecule has 0 spiro atoms. The van der Waals surface area contributed by atoms with Gasteiger partial charge >= 0.3 is 0 Å². The lowest BCUT2D eigenvalue weighted by molar-refractivity contribution is 0.0752. The van der Waals surface area contributed by atoms with Crippen LogP contribution >= 0.6 is 0 Å². The fraction of sp³-hybridized carbons (Fsp3) is 0.286. The monoisotopic (exact) mass is 258 g/mol. The molecule has 0 aliphatic carbocycles. The van der Waals surface area contributed by atoms with Crippen LogP contribution in [0.3, 0.4) is 0 Å². The Morgan fingerprint density at radius 2 is 2.05 bits per heavy atom. The van der Waals surface area contributed by atoms with Gasteiger partial charge in [0.2, 0.25) is 0 Å². The first kappa shape index (κ1) is 13.1. The lowest BCUT2D eigenvalue weighted by atomic mass is 10.1. The third-order valence-corrected chi connectivity index (χ3v) is 3.08. The first-order valence-corrected chi connectivity index (χ1v) is 6.25. The number of amides is 1. The standard InChI is InChI=1S/C14H18N4O/c1-3-18(9-11-4-6-12(15)7-5-11)14(19)13-8-16-17-10(13)2/h4-8H,3,9,15H2,1-2H3,(H,16,17). The number of nitrogen functional groups attached to an aromatic ring is 1. The summed E-state index contributed by atoms with van der Waals surface area (Å²) < 4.78 is 0. The van der Waals surface area contributed by atoms with Crippen molar-refractivity contribution >= 4 is 11.6 Å². The van der Waals surface area contributed by atoms with Gasteiger partial charge in [-0.3, -0.25) is 9.89 Å². The maximum absolute atomic E-state index is 12.4. The number of aromatic nitrogens is 2. The van der Waals surface area contributed by atoms with Crippen LogP contribution in [0.4, 0.5) is 5.69 Å². The Kier molecular flexibility index (Phi) is 3.85. The second-order valence-electron chi connectivity index (χ2n) is 4.47. The van der Waals surface area contributed by atoms with Gasteiger partial charge in [-0.05, 0) is 31.5 Å². The van der Waals surface area contributed by atoms with Gasteiger partial charge in [-0.2, -0.15) is 5.10 Å². The molecule has 1 amide bonds. The van der Waals surface area contributed by atoms with Gasteiger partial charge in [0.25, 0.3) is 5.91 Å². The molecule has 0 saturated heterocycles. The predicted octanol–water partition coefficient (Wildman–Crippen LogP) is 1.96. The van der Waals surface area contributed by atoms with Gasteiger partial charge in [0.05, 0.1) is 11.8 Å². The van der Waals surface area contributed by atoms with E-state index < -0.39 is 0 Å². The highest BCUT2D eigenvalue weighted by molar-refractivity contribution is 5.94. The number of hydrogen-bond donors (Lipinski definition) is 2. The normalized spacial score (nSPS) is 10.4. The minimum Gasteiger partial charge on any atom is -0.399 e. The highest BCUT2D eigenvalue weighted by Crippen LogP contribution is 2.13. The number of benzene rings is 1. The molecule has 0 saturated carbocycles. The number of nitrogens with zero attached hydrogens (tertiary/aromatic N) is 2. The average Bonchev–Trinajstić information content (AvgIpc) is 2.83. The minimum absolute atomic E-state index is 0.00873. The molecule has 19 heavy (non-hydrogen) atoms. The van der Waals surface area contributed by atoms with Crippen LogP contribution in [0.2, 0.25) is 0 Å². The van der Waals surface area contributed by atoms with Gasteiger partial charge in [0, 0.05) is 24.5 Å². The summed E-state index contributed by atoms with van der Waals surface area (Å²) in [7, 11) is 0. The Bertz CT molecular complexity index is 559. The van der Waals surface area contributed by atoms with Crippen LogP contribution in [0.5, 0.6) is 0 Å². The van der Waals surface area contributed by atoms with Gasteiger partial charge in [0.15, 0.2) is 0 Å². The second kappa shape index (κ2) is 5.56. The number of rotatable bonds is 4. The molecule has 0 aliphatic rings. The Balaban J connectivity index is 2.14. The van der Waals surface area contributed by atoms with Crippen molar-refractivity contribution in [2.45, 2.75) is 20.4 Å². The topological polar surface area (TPSA) is 75.0 Å². The van der Waals surface area contributed by atoms with Crippen LogP contribution < -0.4 is 5.73 Å². The van der Waals surface area contributed by atoms with Crippen LogP contribution in [0.1, 0.15) is 28.5 Å². The molecule has 0 atom stereocenters. The van der Waals surface area contributed by atoms with Crippen molar-refractivity contribution in [2.24, 2.45) is 0 Å². The maximum atomic E-state index is 12.4. The Labute approximate surface area is 112 Å². The third kappa shape index (κ3) is 2.93. The molecule has 5 heteroatoms. The van der Waals surface area contributed by atoms with E-state index in [4.69, 9.17) is 5.73 Å². The molecular weight excluding hydrogens is 240 g/mol. The first-order valence-electron chi connectivity index (χ1n) is 6.25. The van der Waals surface area contributed by atoms with Crippen molar-refractivity contribution in [1.82, 2.24) is 15.1 Å². The maximum Gasteiger partial charge on any atom is 0.257 e. The number of anilines is 1. The number of aryl methyl sites for hydroxylation is 1. The Morgan fingerprint density at radius 3 is 2.58 bits per heavy atom. The summed E-state index contributed by atoms with van der Waals surface area (Å²) in [5.74, 6) is -0.00873. The van der Waals surface area contributed by atoms with E-state index in [1.165, 1.54) is 0 Å². The average molecular weight is 258 g/mol. The zero-order valence-electron chi connectivity index (χ0n) is 11.2. The van der Waals surface area contributed by atoms with E-state index in [1.54, 1.807) is 11.1 Å². The summed E-state index contributed by atoms with van der Waals surface area (Å²) in [4.78, 5) is 14.2. The quantitative estimate of drug-likeness (QED) is 0.823. The number of aromatic amines is 1. The van der Waals surface area contributed by atoms with Crippen molar-refractivity contribution in [1.29, 1.82) is 0 Å². The number of nitrogens with two attached hydrogens (primary N) is 1. The molecule has 0 aliphatic heterocycles. The minimum atomic E-state index is -0.00873. The van der Waals surface area contributed by atoms with Gasteiger partial charge < -0.3 is 10.6 Å². The molecule has 2 rings (SSSR count). The van der Waals surface area contributed by atoms with E-state index in [1.807, 2.05) is 38.1 Å². The lowest BCUT2D eigenvalue weighted by Crippen LogP contribution is -2.30. The molecule has 1 aromatic heterocycles. The molecule has 3 N–H and O–H groups in total. The van der Waals surface area contributed by atoms with Crippen molar-refractivity contribution in [3.63, 3.8) is 0 Å². The summed E-state index contributed by atoms with van der Waals surface area (Å²) in [5.41, 5.74) is 8.86.